The smallest absolute Gasteiger partial charge is 0.335 e. The molecule has 1 fully saturated rings. The first-order valence-electron chi connectivity index (χ1n) is 9.89. The second kappa shape index (κ2) is 8.85. The van der Waals surface area contributed by atoms with Crippen molar-refractivity contribution in [1.29, 1.82) is 0 Å². The Hall–Kier alpha value is -1.56. The molecule has 0 spiro atoms. The molecule has 3 rings (SSSR count). The summed E-state index contributed by atoms with van der Waals surface area (Å²) in [4.78, 5) is 0.202. The van der Waals surface area contributed by atoms with Gasteiger partial charge in [-0.3, -0.25) is 0 Å². The van der Waals surface area contributed by atoms with Gasteiger partial charge < -0.3 is 4.74 Å². The molecule has 0 aromatic heterocycles. The second-order valence-corrected chi connectivity index (χ2v) is 10.3. The van der Waals surface area contributed by atoms with Crippen molar-refractivity contribution in [2.45, 2.75) is 43.4 Å². The first-order chi connectivity index (χ1) is 13.4. The van der Waals surface area contributed by atoms with E-state index >= 15 is 0 Å². The number of methoxy groups -OCH3 is 1. The van der Waals surface area contributed by atoms with Gasteiger partial charge in [-0.1, -0.05) is 61.5 Å². The Morgan fingerprint density at radius 1 is 1.00 bits per heavy atom. The molecular formula is C22H29ClNO3S+. The van der Waals surface area contributed by atoms with Crippen LogP contribution in [0.2, 0.25) is 5.02 Å². The third kappa shape index (κ3) is 4.07. The second-order valence-electron chi connectivity index (χ2n) is 7.72. The summed E-state index contributed by atoms with van der Waals surface area (Å²) >= 11 is 6.51. The molecule has 1 aliphatic carbocycles. The molecule has 1 saturated carbocycles. The Kier molecular flexibility index (Phi) is 6.69. The number of para-hydroxylation sites is 2. The van der Waals surface area contributed by atoms with Gasteiger partial charge in [0.15, 0.2) is 10.6 Å². The van der Waals surface area contributed by atoms with Crippen molar-refractivity contribution in [2.24, 2.45) is 5.92 Å². The van der Waals surface area contributed by atoms with Crippen LogP contribution < -0.4 is 8.63 Å². The Bertz CT molecular complexity index is 908. The maximum atomic E-state index is 14.0. The number of halogens is 1. The van der Waals surface area contributed by atoms with Crippen molar-refractivity contribution in [1.82, 2.24) is 3.89 Å². The van der Waals surface area contributed by atoms with Gasteiger partial charge in [-0.15, -0.1) is 0 Å². The highest BCUT2D eigenvalue weighted by Crippen LogP contribution is 2.40. The molecular weight excluding hydrogens is 394 g/mol. The molecule has 1 atom stereocenters. The lowest BCUT2D eigenvalue weighted by Gasteiger charge is -2.36. The largest absolute Gasteiger partial charge is 0.495 e. The zero-order valence-electron chi connectivity index (χ0n) is 16.6. The van der Waals surface area contributed by atoms with Crippen LogP contribution in [-0.4, -0.2) is 29.1 Å². The Morgan fingerprint density at radius 2 is 1.61 bits per heavy atom. The van der Waals surface area contributed by atoms with Gasteiger partial charge in [0.05, 0.1) is 14.2 Å². The highest BCUT2D eigenvalue weighted by atomic mass is 35.5. The lowest BCUT2D eigenvalue weighted by Crippen LogP contribution is -2.53. The molecule has 152 valence electrons. The predicted octanol–water partition coefficient (Wildman–Crippen LogP) is 5.65. The molecule has 0 heterocycles. The fourth-order valence-corrected chi connectivity index (χ4v) is 6.54. The van der Waals surface area contributed by atoms with Crippen molar-refractivity contribution in [2.75, 3.05) is 20.7 Å². The minimum atomic E-state index is -3.80. The summed E-state index contributed by atoms with van der Waals surface area (Å²) in [5.41, 5.74) is 0.610. The SMILES string of the molecule is COc1ccccc1S(=O)(=O)[N+](C)(CC1CCCCCC1)c1ccccc1Cl. The van der Waals surface area contributed by atoms with E-state index in [9.17, 15) is 8.42 Å². The van der Waals surface area contributed by atoms with Crippen molar-refractivity contribution < 1.29 is 13.2 Å². The summed E-state index contributed by atoms with van der Waals surface area (Å²) < 4.78 is 33.1. The number of nitrogens with zero attached hydrogens (tertiary/aromatic N) is 1. The molecule has 2 aromatic rings. The summed E-state index contributed by atoms with van der Waals surface area (Å²) in [6.45, 7) is 0.504. The molecule has 28 heavy (non-hydrogen) atoms. The van der Waals surface area contributed by atoms with Gasteiger partial charge in [-0.25, -0.2) is 0 Å². The number of rotatable bonds is 6. The van der Waals surface area contributed by atoms with Gasteiger partial charge in [-0.05, 0) is 31.0 Å². The predicted molar refractivity (Wildman–Crippen MR) is 115 cm³/mol. The van der Waals surface area contributed by atoms with Crippen molar-refractivity contribution >= 4 is 27.3 Å². The molecule has 1 aliphatic rings. The molecule has 0 aliphatic heterocycles. The van der Waals surface area contributed by atoms with Crippen LogP contribution in [-0.2, 0) is 10.0 Å². The molecule has 0 amide bonds. The van der Waals surface area contributed by atoms with E-state index in [0.717, 1.165) is 25.7 Å². The Morgan fingerprint density at radius 3 is 2.25 bits per heavy atom. The first-order valence-corrected chi connectivity index (χ1v) is 11.7. The number of ether oxygens (including phenoxy) is 1. The summed E-state index contributed by atoms with van der Waals surface area (Å²) in [6, 6.07) is 14.1. The van der Waals surface area contributed by atoms with Crippen LogP contribution in [0.3, 0.4) is 0 Å². The van der Waals surface area contributed by atoms with Crippen LogP contribution in [0.15, 0.2) is 53.4 Å². The quantitative estimate of drug-likeness (QED) is 0.446. The minimum Gasteiger partial charge on any atom is -0.495 e. The van der Waals surface area contributed by atoms with Crippen molar-refractivity contribution in [3.63, 3.8) is 0 Å². The fraction of sp³-hybridized carbons (Fsp3) is 0.455. The average Bonchev–Trinajstić information content (AvgIpc) is 2.96. The monoisotopic (exact) mass is 422 g/mol. The lowest BCUT2D eigenvalue weighted by molar-refractivity contribution is 0.346. The number of hydrogen-bond acceptors (Lipinski definition) is 3. The van der Waals surface area contributed by atoms with Gasteiger partial charge in [-0.2, -0.15) is 12.3 Å². The zero-order chi connectivity index (χ0) is 20.2. The average molecular weight is 423 g/mol. The highest BCUT2D eigenvalue weighted by Gasteiger charge is 2.45. The topological polar surface area (TPSA) is 43.4 Å². The fourth-order valence-electron chi connectivity index (χ4n) is 4.25. The van der Waals surface area contributed by atoms with Gasteiger partial charge in [0.1, 0.15) is 17.3 Å². The normalized spacial score (nSPS) is 18.2. The van der Waals surface area contributed by atoms with Crippen LogP contribution in [0.25, 0.3) is 0 Å². The molecule has 1 unspecified atom stereocenters. The van der Waals surface area contributed by atoms with E-state index in [0.29, 0.717) is 28.9 Å². The summed E-state index contributed by atoms with van der Waals surface area (Å²) in [7, 11) is -0.531. The molecule has 4 nitrogen and oxygen atoms in total. The highest BCUT2D eigenvalue weighted by molar-refractivity contribution is 7.91. The number of hydrogen-bond donors (Lipinski definition) is 0. The molecule has 2 aromatic carbocycles. The summed E-state index contributed by atoms with van der Waals surface area (Å²) in [5.74, 6) is 0.702. The lowest BCUT2D eigenvalue weighted by atomic mass is 9.99. The van der Waals surface area contributed by atoms with Crippen molar-refractivity contribution in [3.8, 4) is 5.75 Å². The summed E-state index contributed by atoms with van der Waals surface area (Å²) in [6.07, 6.45) is 6.88. The van der Waals surface area contributed by atoms with Gasteiger partial charge in [0.2, 0.25) is 0 Å². The van der Waals surface area contributed by atoms with Gasteiger partial charge in [0.25, 0.3) is 0 Å². The summed E-state index contributed by atoms with van der Waals surface area (Å²) in [5, 5.41) is 0.470. The molecule has 0 bridgehead atoms. The maximum absolute atomic E-state index is 14.0. The maximum Gasteiger partial charge on any atom is 0.335 e. The molecule has 0 radical (unpaired) electrons. The zero-order valence-corrected chi connectivity index (χ0v) is 18.2. The van der Waals surface area contributed by atoms with Gasteiger partial charge >= 0.3 is 10.0 Å². The van der Waals surface area contributed by atoms with Crippen LogP contribution in [0, 0.1) is 5.92 Å². The standard InChI is InChI=1S/C22H29ClNO3S/c1-24(20-14-8-7-13-19(20)23,17-18-11-5-3-4-6-12-18)28(25,26)22-16-10-9-15-21(22)27-2/h7-10,13-16,18H,3-6,11-12,17H2,1-2H3/q+1. The van der Waals surface area contributed by atoms with E-state index in [2.05, 4.69) is 0 Å². The third-order valence-corrected chi connectivity index (χ3v) is 8.44. The molecule has 0 saturated heterocycles. The first kappa shape index (κ1) is 21.2. The van der Waals surface area contributed by atoms with E-state index in [1.807, 2.05) is 18.2 Å². The van der Waals surface area contributed by atoms with E-state index in [-0.39, 0.29) is 8.78 Å². The number of sulfonamides is 1. The van der Waals surface area contributed by atoms with Crippen molar-refractivity contribution in [3.05, 3.63) is 53.6 Å². The van der Waals surface area contributed by atoms with Gasteiger partial charge in [0, 0.05) is 12.0 Å². The van der Waals surface area contributed by atoms with E-state index in [1.54, 1.807) is 37.4 Å². The number of quaternary nitrogens is 1. The van der Waals surface area contributed by atoms with Crippen LogP contribution >= 0.6 is 11.6 Å². The van der Waals surface area contributed by atoms with Crippen LogP contribution in [0.5, 0.6) is 5.75 Å². The number of benzene rings is 2. The van der Waals surface area contributed by atoms with E-state index in [4.69, 9.17) is 16.3 Å². The van der Waals surface area contributed by atoms with Crippen LogP contribution in [0.1, 0.15) is 38.5 Å². The Labute approximate surface area is 173 Å². The third-order valence-electron chi connectivity index (χ3n) is 5.82. The minimum absolute atomic E-state index is 0.202. The van der Waals surface area contributed by atoms with Crippen LogP contribution in [0.4, 0.5) is 5.69 Å². The molecule has 6 heteroatoms. The van der Waals surface area contributed by atoms with E-state index < -0.39 is 10.0 Å². The molecule has 0 N–H and O–H groups in total. The Balaban J connectivity index is 2.14. The van der Waals surface area contributed by atoms with E-state index in [1.165, 1.54) is 20.0 Å².